The van der Waals surface area contributed by atoms with Gasteiger partial charge in [-0.1, -0.05) is 91.0 Å². The van der Waals surface area contributed by atoms with Crippen molar-refractivity contribution in [2.24, 2.45) is 0 Å². The highest BCUT2D eigenvalue weighted by Crippen LogP contribution is 2.20. The Balaban J connectivity index is 1.28. The topological polar surface area (TPSA) is 94.1 Å². The lowest BCUT2D eigenvalue weighted by molar-refractivity contribution is 0.0742. The van der Waals surface area contributed by atoms with Gasteiger partial charge in [-0.15, -0.1) is 15.0 Å². The molecule has 0 saturated carbocycles. The molecule has 45 heavy (non-hydrogen) atoms. The SMILES string of the molecule is CC(CCOCc1ccccc1)Oc1nc(OC(C)CCOCc2ccccc2)nc(OC(C)CCOCc2ccccc2)n1. The van der Waals surface area contributed by atoms with E-state index in [1.54, 1.807) is 0 Å². The molecule has 0 aliphatic heterocycles. The summed E-state index contributed by atoms with van der Waals surface area (Å²) in [5.74, 6) is 0. The summed E-state index contributed by atoms with van der Waals surface area (Å²) in [6, 6.07) is 30.7. The van der Waals surface area contributed by atoms with E-state index in [2.05, 4.69) is 15.0 Å². The second kappa shape index (κ2) is 19.4. The molecule has 0 radical (unpaired) electrons. The zero-order valence-corrected chi connectivity index (χ0v) is 26.5. The predicted molar refractivity (Wildman–Crippen MR) is 172 cm³/mol. The molecule has 9 nitrogen and oxygen atoms in total. The highest BCUT2D eigenvalue weighted by molar-refractivity contribution is 5.15. The van der Waals surface area contributed by atoms with Crippen LogP contribution in [-0.4, -0.2) is 53.1 Å². The van der Waals surface area contributed by atoms with Gasteiger partial charge in [0.1, 0.15) is 18.3 Å². The molecule has 240 valence electrons. The lowest BCUT2D eigenvalue weighted by Crippen LogP contribution is -2.21. The van der Waals surface area contributed by atoms with Crippen molar-refractivity contribution in [2.45, 2.75) is 78.2 Å². The molecule has 0 N–H and O–H groups in total. The van der Waals surface area contributed by atoms with Crippen molar-refractivity contribution in [2.75, 3.05) is 19.8 Å². The second-order valence-corrected chi connectivity index (χ2v) is 10.9. The van der Waals surface area contributed by atoms with Crippen LogP contribution < -0.4 is 14.2 Å². The number of aromatic nitrogens is 3. The average Bonchev–Trinajstić information content (AvgIpc) is 3.05. The molecule has 3 unspecified atom stereocenters. The van der Waals surface area contributed by atoms with Crippen molar-refractivity contribution < 1.29 is 28.4 Å². The van der Waals surface area contributed by atoms with Crippen LogP contribution in [0.15, 0.2) is 91.0 Å². The number of rotatable bonds is 21. The van der Waals surface area contributed by atoms with Crippen LogP contribution in [-0.2, 0) is 34.0 Å². The Morgan fingerprint density at radius 3 is 0.956 bits per heavy atom. The lowest BCUT2D eigenvalue weighted by atomic mass is 10.2. The summed E-state index contributed by atoms with van der Waals surface area (Å²) in [4.78, 5) is 13.3. The normalized spacial score (nSPS) is 13.1. The van der Waals surface area contributed by atoms with Crippen LogP contribution in [0.5, 0.6) is 18.0 Å². The van der Waals surface area contributed by atoms with E-state index in [-0.39, 0.29) is 36.3 Å². The molecule has 3 aromatic carbocycles. The van der Waals surface area contributed by atoms with Crippen LogP contribution >= 0.6 is 0 Å². The molecule has 4 rings (SSSR count). The molecule has 0 saturated heterocycles. The Morgan fingerprint density at radius 1 is 0.422 bits per heavy atom. The van der Waals surface area contributed by atoms with Crippen molar-refractivity contribution in [3.05, 3.63) is 108 Å². The first-order chi connectivity index (χ1) is 22.0. The zero-order chi connectivity index (χ0) is 31.5. The molecular weight excluding hydrogens is 570 g/mol. The monoisotopic (exact) mass is 615 g/mol. The molecule has 0 spiro atoms. The summed E-state index contributed by atoms with van der Waals surface area (Å²) in [5.41, 5.74) is 3.39. The molecule has 1 aromatic heterocycles. The van der Waals surface area contributed by atoms with Gasteiger partial charge in [0.2, 0.25) is 0 Å². The molecule has 0 bridgehead atoms. The number of nitrogens with zero attached hydrogens (tertiary/aromatic N) is 3. The first-order valence-corrected chi connectivity index (χ1v) is 15.6. The fourth-order valence-electron chi connectivity index (χ4n) is 4.24. The smallest absolute Gasteiger partial charge is 0.326 e. The van der Waals surface area contributed by atoms with Crippen LogP contribution in [0.2, 0.25) is 0 Å². The number of hydrogen-bond donors (Lipinski definition) is 0. The first kappa shape index (κ1) is 33.8. The van der Waals surface area contributed by atoms with Gasteiger partial charge in [0.05, 0.1) is 39.6 Å². The van der Waals surface area contributed by atoms with Crippen LogP contribution in [0.25, 0.3) is 0 Å². The van der Waals surface area contributed by atoms with Gasteiger partial charge in [0, 0.05) is 19.3 Å². The van der Waals surface area contributed by atoms with Gasteiger partial charge in [-0.25, -0.2) is 0 Å². The van der Waals surface area contributed by atoms with E-state index < -0.39 is 0 Å². The van der Waals surface area contributed by atoms with Gasteiger partial charge in [-0.05, 0) is 37.5 Å². The Kier molecular flexibility index (Phi) is 14.6. The standard InChI is InChI=1S/C36H45N3O6/c1-28(19-22-40-25-31-13-7-4-8-14-31)43-34-37-35(44-29(2)20-23-41-26-32-15-9-5-10-16-32)39-36(38-34)45-30(3)21-24-42-27-33-17-11-6-12-18-33/h4-18,28-30H,19-27H2,1-3H3. The quantitative estimate of drug-likeness (QED) is 0.0919. The summed E-state index contributed by atoms with van der Waals surface area (Å²) in [7, 11) is 0. The third-order valence-electron chi connectivity index (χ3n) is 6.83. The third-order valence-corrected chi connectivity index (χ3v) is 6.83. The van der Waals surface area contributed by atoms with Crippen molar-refractivity contribution in [1.29, 1.82) is 0 Å². The molecule has 1 heterocycles. The highest BCUT2D eigenvalue weighted by Gasteiger charge is 2.17. The van der Waals surface area contributed by atoms with Gasteiger partial charge >= 0.3 is 18.0 Å². The Bertz CT molecular complexity index is 1170. The van der Waals surface area contributed by atoms with Crippen molar-refractivity contribution in [3.63, 3.8) is 0 Å². The van der Waals surface area contributed by atoms with Gasteiger partial charge in [0.25, 0.3) is 0 Å². The minimum atomic E-state index is -0.198. The van der Waals surface area contributed by atoms with Crippen LogP contribution in [0.1, 0.15) is 56.7 Å². The summed E-state index contributed by atoms with van der Waals surface area (Å²) in [6.45, 7) is 9.12. The van der Waals surface area contributed by atoms with Crippen LogP contribution in [0, 0.1) is 0 Å². The summed E-state index contributed by atoms with van der Waals surface area (Å²) < 4.78 is 35.6. The molecule has 9 heteroatoms. The van der Waals surface area contributed by atoms with E-state index in [9.17, 15) is 0 Å². The molecule has 0 amide bonds. The number of ether oxygens (including phenoxy) is 6. The maximum Gasteiger partial charge on any atom is 0.326 e. The molecule has 0 aliphatic carbocycles. The molecular formula is C36H45N3O6. The zero-order valence-electron chi connectivity index (χ0n) is 26.5. The molecule has 0 aliphatic rings. The van der Waals surface area contributed by atoms with Crippen LogP contribution in [0.4, 0.5) is 0 Å². The van der Waals surface area contributed by atoms with E-state index in [0.717, 1.165) is 16.7 Å². The fraction of sp³-hybridized carbons (Fsp3) is 0.417. The predicted octanol–water partition coefficient (Wildman–Crippen LogP) is 6.99. The average molecular weight is 616 g/mol. The molecule has 4 aromatic rings. The van der Waals surface area contributed by atoms with E-state index in [1.807, 2.05) is 112 Å². The van der Waals surface area contributed by atoms with Gasteiger partial charge in [-0.3, -0.25) is 0 Å². The molecule has 0 fully saturated rings. The van der Waals surface area contributed by atoms with Crippen molar-refractivity contribution >= 4 is 0 Å². The largest absolute Gasteiger partial charge is 0.460 e. The van der Waals surface area contributed by atoms with Gasteiger partial charge in [-0.2, -0.15) is 0 Å². The number of benzene rings is 3. The van der Waals surface area contributed by atoms with Crippen molar-refractivity contribution in [1.82, 2.24) is 15.0 Å². The summed E-state index contributed by atoms with van der Waals surface area (Å²) >= 11 is 0. The van der Waals surface area contributed by atoms with Gasteiger partial charge < -0.3 is 28.4 Å². The van der Waals surface area contributed by atoms with E-state index in [0.29, 0.717) is 58.9 Å². The van der Waals surface area contributed by atoms with E-state index >= 15 is 0 Å². The highest BCUT2D eigenvalue weighted by atomic mass is 16.5. The van der Waals surface area contributed by atoms with Crippen molar-refractivity contribution in [3.8, 4) is 18.0 Å². The summed E-state index contributed by atoms with van der Waals surface area (Å²) in [6.07, 6.45) is 1.39. The maximum atomic E-state index is 6.05. The van der Waals surface area contributed by atoms with Gasteiger partial charge in [0.15, 0.2) is 0 Å². The fourth-order valence-corrected chi connectivity index (χ4v) is 4.24. The Morgan fingerprint density at radius 2 is 0.689 bits per heavy atom. The van der Waals surface area contributed by atoms with E-state index in [1.165, 1.54) is 0 Å². The summed E-state index contributed by atoms with van der Waals surface area (Å²) in [5, 5.41) is 0. The minimum absolute atomic E-state index is 0.144. The number of hydrogen-bond acceptors (Lipinski definition) is 9. The molecule has 3 atom stereocenters. The lowest BCUT2D eigenvalue weighted by Gasteiger charge is -2.18. The third kappa shape index (κ3) is 13.6. The maximum absolute atomic E-state index is 6.05. The van der Waals surface area contributed by atoms with Crippen LogP contribution in [0.3, 0.4) is 0 Å². The van der Waals surface area contributed by atoms with E-state index in [4.69, 9.17) is 28.4 Å². The second-order valence-electron chi connectivity index (χ2n) is 10.9. The minimum Gasteiger partial charge on any atom is -0.460 e. The Labute approximate surface area is 266 Å². The first-order valence-electron chi connectivity index (χ1n) is 15.6. The Hall–Kier alpha value is -4.05.